The predicted octanol–water partition coefficient (Wildman–Crippen LogP) is 2.44. The summed E-state index contributed by atoms with van der Waals surface area (Å²) in [5, 5.41) is 0.0655. The molecule has 1 atom stereocenters. The standard InChI is InChI=1S/C16H17N3O2S/c1-12-7-8-17-16(18-12)21-11-14(20)19-9-10-22-15(19)13-5-3-2-4-6-13/h2-8,15H,9-11H2,1H3. The lowest BCUT2D eigenvalue weighted by molar-refractivity contribution is -0.133. The van der Waals surface area contributed by atoms with E-state index in [0.717, 1.165) is 23.6 Å². The van der Waals surface area contributed by atoms with E-state index in [1.807, 2.05) is 42.2 Å². The molecule has 0 bridgehead atoms. The third-order valence-electron chi connectivity index (χ3n) is 3.39. The molecular weight excluding hydrogens is 298 g/mol. The molecule has 1 unspecified atom stereocenters. The smallest absolute Gasteiger partial charge is 0.317 e. The summed E-state index contributed by atoms with van der Waals surface area (Å²) in [5.41, 5.74) is 1.96. The Morgan fingerprint density at radius 2 is 2.18 bits per heavy atom. The van der Waals surface area contributed by atoms with E-state index in [2.05, 4.69) is 9.97 Å². The average molecular weight is 315 g/mol. The summed E-state index contributed by atoms with van der Waals surface area (Å²) >= 11 is 1.77. The summed E-state index contributed by atoms with van der Waals surface area (Å²) in [6.07, 6.45) is 1.63. The van der Waals surface area contributed by atoms with Crippen molar-refractivity contribution in [3.8, 4) is 6.01 Å². The third-order valence-corrected chi connectivity index (χ3v) is 4.65. The molecule has 1 fully saturated rings. The van der Waals surface area contributed by atoms with Crippen molar-refractivity contribution >= 4 is 17.7 Å². The first kappa shape index (κ1) is 14.8. The van der Waals surface area contributed by atoms with Crippen molar-refractivity contribution in [2.24, 2.45) is 0 Å². The maximum Gasteiger partial charge on any atom is 0.317 e. The van der Waals surface area contributed by atoms with Gasteiger partial charge in [-0.15, -0.1) is 11.8 Å². The zero-order valence-corrected chi connectivity index (χ0v) is 13.1. The summed E-state index contributed by atoms with van der Waals surface area (Å²) in [6, 6.07) is 12.1. The van der Waals surface area contributed by atoms with Crippen LogP contribution < -0.4 is 4.74 Å². The molecule has 1 aliphatic rings. The molecule has 0 N–H and O–H groups in total. The SMILES string of the molecule is Cc1ccnc(OCC(=O)N2CCSC2c2ccccc2)n1. The van der Waals surface area contributed by atoms with Crippen molar-refractivity contribution in [3.05, 3.63) is 53.9 Å². The van der Waals surface area contributed by atoms with Crippen molar-refractivity contribution in [1.82, 2.24) is 14.9 Å². The molecule has 1 saturated heterocycles. The van der Waals surface area contributed by atoms with Crippen LogP contribution >= 0.6 is 11.8 Å². The van der Waals surface area contributed by atoms with E-state index < -0.39 is 0 Å². The number of nitrogens with zero attached hydrogens (tertiary/aromatic N) is 3. The fraction of sp³-hybridized carbons (Fsp3) is 0.312. The summed E-state index contributed by atoms with van der Waals surface area (Å²) in [4.78, 5) is 22.4. The van der Waals surface area contributed by atoms with Gasteiger partial charge in [-0.2, -0.15) is 0 Å². The lowest BCUT2D eigenvalue weighted by Gasteiger charge is -2.23. The predicted molar refractivity (Wildman–Crippen MR) is 85.6 cm³/mol. The van der Waals surface area contributed by atoms with Crippen LogP contribution in [0.1, 0.15) is 16.6 Å². The maximum absolute atomic E-state index is 12.4. The molecular formula is C16H17N3O2S. The number of benzene rings is 1. The minimum absolute atomic E-state index is 0.0344. The molecule has 114 valence electrons. The zero-order chi connectivity index (χ0) is 15.4. The molecule has 1 aromatic carbocycles. The van der Waals surface area contributed by atoms with Gasteiger partial charge in [-0.3, -0.25) is 4.79 Å². The highest BCUT2D eigenvalue weighted by Gasteiger charge is 2.30. The summed E-state index contributed by atoms with van der Waals surface area (Å²) < 4.78 is 5.42. The molecule has 3 rings (SSSR count). The topological polar surface area (TPSA) is 55.3 Å². The minimum Gasteiger partial charge on any atom is -0.453 e. The van der Waals surface area contributed by atoms with Crippen LogP contribution in [0.5, 0.6) is 6.01 Å². The minimum atomic E-state index is -0.0380. The van der Waals surface area contributed by atoms with E-state index in [1.54, 1.807) is 24.0 Å². The Morgan fingerprint density at radius 1 is 1.36 bits per heavy atom. The summed E-state index contributed by atoms with van der Waals surface area (Å²) in [7, 11) is 0. The second-order valence-electron chi connectivity index (χ2n) is 4.99. The van der Waals surface area contributed by atoms with Crippen LogP contribution in [0.15, 0.2) is 42.6 Å². The van der Waals surface area contributed by atoms with E-state index >= 15 is 0 Å². The summed E-state index contributed by atoms with van der Waals surface area (Å²) in [5.74, 6) is 0.899. The molecule has 1 aromatic heterocycles. The molecule has 2 aromatic rings. The van der Waals surface area contributed by atoms with Gasteiger partial charge in [0.15, 0.2) is 6.61 Å². The molecule has 1 amide bonds. The van der Waals surface area contributed by atoms with Crippen LogP contribution in [0, 0.1) is 6.92 Å². The van der Waals surface area contributed by atoms with Crippen LogP contribution in [0.4, 0.5) is 0 Å². The fourth-order valence-electron chi connectivity index (χ4n) is 2.32. The van der Waals surface area contributed by atoms with E-state index in [-0.39, 0.29) is 23.9 Å². The second-order valence-corrected chi connectivity index (χ2v) is 6.18. The Hall–Kier alpha value is -2.08. The fourth-order valence-corrected chi connectivity index (χ4v) is 3.60. The van der Waals surface area contributed by atoms with Gasteiger partial charge in [-0.05, 0) is 18.6 Å². The second kappa shape index (κ2) is 6.79. The van der Waals surface area contributed by atoms with Gasteiger partial charge in [0.1, 0.15) is 5.37 Å². The number of rotatable bonds is 4. The number of hydrogen-bond donors (Lipinski definition) is 0. The molecule has 1 aliphatic heterocycles. The Morgan fingerprint density at radius 3 is 2.95 bits per heavy atom. The Bertz CT molecular complexity index is 651. The van der Waals surface area contributed by atoms with Crippen LogP contribution in [0.2, 0.25) is 0 Å². The van der Waals surface area contributed by atoms with E-state index in [1.165, 1.54) is 0 Å². The molecule has 2 heterocycles. The van der Waals surface area contributed by atoms with Gasteiger partial charge in [0.05, 0.1) is 0 Å². The number of ether oxygens (including phenoxy) is 1. The van der Waals surface area contributed by atoms with Gasteiger partial charge in [-0.1, -0.05) is 30.3 Å². The van der Waals surface area contributed by atoms with Crippen molar-refractivity contribution in [1.29, 1.82) is 0 Å². The Balaban J connectivity index is 1.64. The first-order valence-electron chi connectivity index (χ1n) is 7.12. The monoisotopic (exact) mass is 315 g/mol. The highest BCUT2D eigenvalue weighted by molar-refractivity contribution is 7.99. The number of thioether (sulfide) groups is 1. The van der Waals surface area contributed by atoms with Gasteiger partial charge in [-0.25, -0.2) is 9.97 Å². The van der Waals surface area contributed by atoms with Crippen molar-refractivity contribution < 1.29 is 9.53 Å². The van der Waals surface area contributed by atoms with Crippen molar-refractivity contribution in [3.63, 3.8) is 0 Å². The molecule has 0 radical (unpaired) electrons. The zero-order valence-electron chi connectivity index (χ0n) is 12.3. The number of carbonyl (C=O) groups is 1. The molecule has 0 aliphatic carbocycles. The van der Waals surface area contributed by atoms with E-state index in [0.29, 0.717) is 0 Å². The number of amides is 1. The largest absolute Gasteiger partial charge is 0.453 e. The number of carbonyl (C=O) groups excluding carboxylic acids is 1. The van der Waals surface area contributed by atoms with E-state index in [4.69, 9.17) is 4.74 Å². The first-order valence-corrected chi connectivity index (χ1v) is 8.17. The van der Waals surface area contributed by atoms with Crippen molar-refractivity contribution in [2.75, 3.05) is 18.9 Å². The van der Waals surface area contributed by atoms with Crippen molar-refractivity contribution in [2.45, 2.75) is 12.3 Å². The van der Waals surface area contributed by atoms with Crippen LogP contribution in [-0.2, 0) is 4.79 Å². The normalized spacial score (nSPS) is 17.5. The van der Waals surface area contributed by atoms with E-state index in [9.17, 15) is 4.79 Å². The molecule has 0 spiro atoms. The molecule has 5 nitrogen and oxygen atoms in total. The summed E-state index contributed by atoms with van der Waals surface area (Å²) in [6.45, 7) is 2.56. The third kappa shape index (κ3) is 3.39. The van der Waals surface area contributed by atoms with Gasteiger partial charge in [0.25, 0.3) is 5.91 Å². The highest BCUT2D eigenvalue weighted by atomic mass is 32.2. The number of hydrogen-bond acceptors (Lipinski definition) is 5. The Kier molecular flexibility index (Phi) is 4.58. The van der Waals surface area contributed by atoms with Gasteiger partial charge in [0.2, 0.25) is 0 Å². The maximum atomic E-state index is 12.4. The number of aromatic nitrogens is 2. The van der Waals surface area contributed by atoms with Crippen LogP contribution in [-0.4, -0.2) is 39.7 Å². The molecule has 0 saturated carbocycles. The molecule has 6 heteroatoms. The first-order chi connectivity index (χ1) is 10.7. The lowest BCUT2D eigenvalue weighted by Crippen LogP contribution is -2.34. The lowest BCUT2D eigenvalue weighted by atomic mass is 10.2. The van der Waals surface area contributed by atoms with Gasteiger partial charge >= 0.3 is 6.01 Å². The van der Waals surface area contributed by atoms with Gasteiger partial charge < -0.3 is 9.64 Å². The van der Waals surface area contributed by atoms with Crippen LogP contribution in [0.3, 0.4) is 0 Å². The van der Waals surface area contributed by atoms with Gasteiger partial charge in [0, 0.05) is 24.2 Å². The van der Waals surface area contributed by atoms with Crippen LogP contribution in [0.25, 0.3) is 0 Å². The molecule has 22 heavy (non-hydrogen) atoms. The highest BCUT2D eigenvalue weighted by Crippen LogP contribution is 2.37. The quantitative estimate of drug-likeness (QED) is 0.867. The number of aryl methyl sites for hydroxylation is 1. The average Bonchev–Trinajstić information content (AvgIpc) is 3.03. The Labute approximate surface area is 133 Å².